The number of fused-ring (bicyclic) bond motifs is 1. The summed E-state index contributed by atoms with van der Waals surface area (Å²) >= 11 is 11.8. The Bertz CT molecular complexity index is 1330. The van der Waals surface area contributed by atoms with Crippen molar-refractivity contribution in [1.82, 2.24) is 9.88 Å². The van der Waals surface area contributed by atoms with Gasteiger partial charge in [-0.1, -0.05) is 30.1 Å². The maximum Gasteiger partial charge on any atom is 0.336 e. The number of sulfonamides is 1. The number of halogens is 2. The van der Waals surface area contributed by atoms with Crippen molar-refractivity contribution in [3.05, 3.63) is 58.1 Å². The molecule has 0 spiro atoms. The Kier molecular flexibility index (Phi) is 6.67. The van der Waals surface area contributed by atoms with Crippen molar-refractivity contribution >= 4 is 61.6 Å². The van der Waals surface area contributed by atoms with Crippen LogP contribution < -0.4 is 9.62 Å². The Labute approximate surface area is 201 Å². The monoisotopic (exact) mass is 508 g/mol. The van der Waals surface area contributed by atoms with Gasteiger partial charge in [0.1, 0.15) is 5.82 Å². The van der Waals surface area contributed by atoms with E-state index in [0.29, 0.717) is 16.7 Å². The Hall–Kier alpha value is -2.59. The first-order valence-electron chi connectivity index (χ1n) is 10.3. The maximum absolute atomic E-state index is 12.8. The summed E-state index contributed by atoms with van der Waals surface area (Å²) in [5.74, 6) is -0.514. The third kappa shape index (κ3) is 5.01. The van der Waals surface area contributed by atoms with Gasteiger partial charge in [-0.05, 0) is 49.0 Å². The van der Waals surface area contributed by atoms with Crippen LogP contribution in [0.1, 0.15) is 17.3 Å². The number of nitrogens with zero attached hydrogens (tertiary/aromatic N) is 3. The molecule has 0 radical (unpaired) electrons. The van der Waals surface area contributed by atoms with Crippen LogP contribution in [-0.4, -0.2) is 62.1 Å². The molecule has 1 saturated heterocycles. The van der Waals surface area contributed by atoms with Crippen LogP contribution in [0.15, 0.2) is 47.4 Å². The number of pyridine rings is 1. The summed E-state index contributed by atoms with van der Waals surface area (Å²) in [6, 6.07) is 10.2. The molecule has 11 heteroatoms. The van der Waals surface area contributed by atoms with Crippen LogP contribution in [0, 0.1) is 0 Å². The number of rotatable bonds is 6. The molecular weight excluding hydrogens is 487 g/mol. The van der Waals surface area contributed by atoms with E-state index in [0.717, 1.165) is 32.7 Å². The van der Waals surface area contributed by atoms with E-state index in [1.165, 1.54) is 24.3 Å². The second-order valence-electron chi connectivity index (χ2n) is 7.67. The molecule has 4 rings (SSSR count). The minimum Gasteiger partial charge on any atom is -0.478 e. The standard InChI is InChI=1S/C22H22Cl2N4O4S/c1-2-27-7-9-28(10-8-27)21-13-17(22(29)30)16-11-14(3-6-20(16)25-21)26-33(31,32)15-4-5-18(23)19(24)12-15/h3-6,11-13,26H,2,7-10H2,1H3,(H,29,30). The van der Waals surface area contributed by atoms with Gasteiger partial charge in [0.15, 0.2) is 0 Å². The Morgan fingerprint density at radius 1 is 1.06 bits per heavy atom. The van der Waals surface area contributed by atoms with Crippen molar-refractivity contribution in [2.45, 2.75) is 11.8 Å². The number of carboxylic acids is 1. The molecule has 2 aromatic carbocycles. The first kappa shape index (κ1) is 23.6. The summed E-state index contributed by atoms with van der Waals surface area (Å²) in [5, 5.41) is 10.5. The third-order valence-corrected chi connectivity index (χ3v) is 7.74. The smallest absolute Gasteiger partial charge is 0.336 e. The highest BCUT2D eigenvalue weighted by Gasteiger charge is 2.21. The lowest BCUT2D eigenvalue weighted by molar-refractivity contribution is 0.0699. The summed E-state index contributed by atoms with van der Waals surface area (Å²) in [4.78, 5) is 21.0. The minimum atomic E-state index is -3.96. The zero-order chi connectivity index (χ0) is 23.8. The number of aromatic carboxylic acids is 1. The van der Waals surface area contributed by atoms with E-state index in [4.69, 9.17) is 23.2 Å². The molecule has 0 unspecified atom stereocenters. The Morgan fingerprint density at radius 2 is 1.79 bits per heavy atom. The average Bonchev–Trinajstić information content (AvgIpc) is 2.79. The molecule has 1 fully saturated rings. The first-order valence-corrected chi connectivity index (χ1v) is 12.5. The number of carboxylic acid groups (broad SMARTS) is 1. The van der Waals surface area contributed by atoms with Crippen molar-refractivity contribution in [2.24, 2.45) is 0 Å². The molecule has 33 heavy (non-hydrogen) atoms. The summed E-state index contributed by atoms with van der Waals surface area (Å²) in [6.07, 6.45) is 0. The molecule has 0 saturated carbocycles. The van der Waals surface area contributed by atoms with Gasteiger partial charge in [0.25, 0.3) is 10.0 Å². The van der Waals surface area contributed by atoms with E-state index in [1.807, 2.05) is 0 Å². The van der Waals surface area contributed by atoms with Gasteiger partial charge in [0, 0.05) is 37.3 Å². The highest BCUT2D eigenvalue weighted by molar-refractivity contribution is 7.92. The fraction of sp³-hybridized carbons (Fsp3) is 0.273. The van der Waals surface area contributed by atoms with Gasteiger partial charge in [-0.25, -0.2) is 18.2 Å². The van der Waals surface area contributed by atoms with E-state index in [-0.39, 0.29) is 26.2 Å². The normalized spacial score (nSPS) is 15.1. The topological polar surface area (TPSA) is 103 Å². The van der Waals surface area contributed by atoms with E-state index in [1.54, 1.807) is 18.2 Å². The van der Waals surface area contributed by atoms with Crippen LogP contribution in [0.5, 0.6) is 0 Å². The average molecular weight is 509 g/mol. The van der Waals surface area contributed by atoms with Crippen LogP contribution >= 0.6 is 23.2 Å². The number of nitrogens with one attached hydrogen (secondary N) is 1. The fourth-order valence-electron chi connectivity index (χ4n) is 3.77. The van der Waals surface area contributed by atoms with Crippen molar-refractivity contribution in [3.63, 3.8) is 0 Å². The number of piperazine rings is 1. The highest BCUT2D eigenvalue weighted by atomic mass is 35.5. The van der Waals surface area contributed by atoms with Crippen molar-refractivity contribution < 1.29 is 18.3 Å². The van der Waals surface area contributed by atoms with Gasteiger partial charge in [-0.2, -0.15) is 0 Å². The van der Waals surface area contributed by atoms with E-state index in [2.05, 4.69) is 26.4 Å². The molecule has 0 atom stereocenters. The molecule has 0 amide bonds. The van der Waals surface area contributed by atoms with Gasteiger partial charge in [0.2, 0.25) is 0 Å². The van der Waals surface area contributed by atoms with Crippen molar-refractivity contribution in [2.75, 3.05) is 42.3 Å². The number of anilines is 2. The number of aromatic nitrogens is 1. The molecule has 2 heterocycles. The van der Waals surface area contributed by atoms with E-state index < -0.39 is 16.0 Å². The Morgan fingerprint density at radius 3 is 2.42 bits per heavy atom. The first-order chi connectivity index (χ1) is 15.7. The maximum atomic E-state index is 12.8. The van der Waals surface area contributed by atoms with Crippen molar-refractivity contribution in [3.8, 4) is 0 Å². The van der Waals surface area contributed by atoms with Crippen LogP contribution in [-0.2, 0) is 10.0 Å². The Balaban J connectivity index is 1.67. The number of hydrogen-bond donors (Lipinski definition) is 2. The lowest BCUT2D eigenvalue weighted by Gasteiger charge is -2.35. The lowest BCUT2D eigenvalue weighted by Crippen LogP contribution is -2.46. The fourth-order valence-corrected chi connectivity index (χ4v) is 5.20. The number of hydrogen-bond acceptors (Lipinski definition) is 6. The third-order valence-electron chi connectivity index (χ3n) is 5.62. The van der Waals surface area contributed by atoms with Gasteiger partial charge in [-0.15, -0.1) is 0 Å². The van der Waals surface area contributed by atoms with Gasteiger partial charge in [-0.3, -0.25) is 4.72 Å². The van der Waals surface area contributed by atoms with Gasteiger partial charge in [0.05, 0.1) is 26.0 Å². The molecule has 1 aromatic heterocycles. The van der Waals surface area contributed by atoms with Crippen LogP contribution in [0.4, 0.5) is 11.5 Å². The van der Waals surface area contributed by atoms with Gasteiger partial charge < -0.3 is 14.9 Å². The molecule has 3 aromatic rings. The van der Waals surface area contributed by atoms with Gasteiger partial charge >= 0.3 is 5.97 Å². The largest absolute Gasteiger partial charge is 0.478 e. The number of carbonyl (C=O) groups is 1. The van der Waals surface area contributed by atoms with Crippen LogP contribution in [0.2, 0.25) is 10.0 Å². The summed E-state index contributed by atoms with van der Waals surface area (Å²) in [5.41, 5.74) is 0.742. The predicted octanol–water partition coefficient (Wildman–Crippen LogP) is 4.18. The number of likely N-dealkylation sites (N-methyl/N-ethyl adjacent to an activating group) is 1. The molecule has 2 N–H and O–H groups in total. The minimum absolute atomic E-state index is 0.0588. The molecule has 0 bridgehead atoms. The molecule has 8 nitrogen and oxygen atoms in total. The molecule has 0 aliphatic carbocycles. The highest BCUT2D eigenvalue weighted by Crippen LogP contribution is 2.29. The zero-order valence-electron chi connectivity index (χ0n) is 17.8. The zero-order valence-corrected chi connectivity index (χ0v) is 20.1. The second-order valence-corrected chi connectivity index (χ2v) is 10.2. The summed E-state index contributed by atoms with van der Waals surface area (Å²) in [6.45, 7) is 6.36. The van der Waals surface area contributed by atoms with Crippen LogP contribution in [0.3, 0.4) is 0 Å². The van der Waals surface area contributed by atoms with E-state index in [9.17, 15) is 18.3 Å². The molecule has 1 aliphatic heterocycles. The SMILES string of the molecule is CCN1CCN(c2cc(C(=O)O)c3cc(NS(=O)(=O)c4ccc(Cl)c(Cl)c4)ccc3n2)CC1. The number of benzene rings is 2. The quantitative estimate of drug-likeness (QED) is 0.514. The van der Waals surface area contributed by atoms with Crippen molar-refractivity contribution in [1.29, 1.82) is 0 Å². The molecular formula is C22H22Cl2N4O4S. The summed E-state index contributed by atoms with van der Waals surface area (Å²) in [7, 11) is -3.96. The van der Waals surface area contributed by atoms with E-state index >= 15 is 0 Å². The van der Waals surface area contributed by atoms with Crippen LogP contribution in [0.25, 0.3) is 10.9 Å². The lowest BCUT2D eigenvalue weighted by atomic mass is 10.1. The predicted molar refractivity (Wildman–Crippen MR) is 130 cm³/mol. The summed E-state index contributed by atoms with van der Waals surface area (Å²) < 4.78 is 28.0. The second kappa shape index (κ2) is 9.34. The molecule has 1 aliphatic rings. The molecule has 174 valence electrons.